The molecule has 1 aliphatic heterocycles. The number of carbonyl (C=O) groups excluding carboxylic acids is 1. The van der Waals surface area contributed by atoms with Crippen LogP contribution in [0.25, 0.3) is 0 Å². The van der Waals surface area contributed by atoms with Crippen LogP contribution in [0.5, 0.6) is 0 Å². The van der Waals surface area contributed by atoms with Gasteiger partial charge in [0.15, 0.2) is 0 Å². The second-order valence-corrected chi connectivity index (χ2v) is 5.79. The zero-order valence-corrected chi connectivity index (χ0v) is 12.7. The van der Waals surface area contributed by atoms with Crippen LogP contribution in [0.3, 0.4) is 0 Å². The van der Waals surface area contributed by atoms with Crippen LogP contribution in [0, 0.1) is 5.41 Å². The molecule has 0 aromatic heterocycles. The number of nitrogens with two attached hydrogens (primary N) is 1. The predicted octanol–water partition coefficient (Wildman–Crippen LogP) is 1.74. The molecule has 1 heterocycles. The molecular formula is C15H31N3O. The Labute approximate surface area is 118 Å². The lowest BCUT2D eigenvalue weighted by Crippen LogP contribution is -2.47. The van der Waals surface area contributed by atoms with Crippen molar-refractivity contribution in [3.8, 4) is 0 Å². The molecule has 0 bridgehead atoms. The van der Waals surface area contributed by atoms with Gasteiger partial charge in [0, 0.05) is 19.6 Å². The minimum absolute atomic E-state index is 0.165. The first-order chi connectivity index (χ1) is 9.18. The van der Waals surface area contributed by atoms with E-state index in [-0.39, 0.29) is 11.3 Å². The summed E-state index contributed by atoms with van der Waals surface area (Å²) in [5.41, 5.74) is 5.56. The molecule has 1 aliphatic rings. The SMILES string of the molecule is CCCC(CN)(CCC)C(=O)NCCN1CCCC1. The topological polar surface area (TPSA) is 58.4 Å². The van der Waals surface area contributed by atoms with Gasteiger partial charge in [-0.25, -0.2) is 0 Å². The zero-order chi connectivity index (χ0) is 14.1. The minimum Gasteiger partial charge on any atom is -0.354 e. The van der Waals surface area contributed by atoms with Crippen molar-refractivity contribution in [1.29, 1.82) is 0 Å². The number of carbonyl (C=O) groups is 1. The van der Waals surface area contributed by atoms with Gasteiger partial charge in [0.05, 0.1) is 5.41 Å². The first-order valence-corrected chi connectivity index (χ1v) is 7.89. The molecule has 1 rings (SSSR count). The number of nitrogens with zero attached hydrogens (tertiary/aromatic N) is 1. The first kappa shape index (κ1) is 16.4. The van der Waals surface area contributed by atoms with E-state index in [0.717, 1.165) is 38.8 Å². The molecule has 1 amide bonds. The fraction of sp³-hybridized carbons (Fsp3) is 0.933. The van der Waals surface area contributed by atoms with E-state index in [9.17, 15) is 4.79 Å². The van der Waals surface area contributed by atoms with Crippen molar-refractivity contribution in [3.05, 3.63) is 0 Å². The molecular weight excluding hydrogens is 238 g/mol. The van der Waals surface area contributed by atoms with Crippen molar-refractivity contribution >= 4 is 5.91 Å². The van der Waals surface area contributed by atoms with Gasteiger partial charge in [-0.05, 0) is 38.8 Å². The monoisotopic (exact) mass is 269 g/mol. The van der Waals surface area contributed by atoms with Gasteiger partial charge in [-0.15, -0.1) is 0 Å². The third-order valence-electron chi connectivity index (χ3n) is 4.24. The molecule has 0 aromatic rings. The molecule has 1 saturated heterocycles. The molecule has 4 nitrogen and oxygen atoms in total. The van der Waals surface area contributed by atoms with E-state index < -0.39 is 0 Å². The number of hydrogen-bond donors (Lipinski definition) is 2. The summed E-state index contributed by atoms with van der Waals surface area (Å²) in [5, 5.41) is 3.11. The maximum Gasteiger partial charge on any atom is 0.227 e. The van der Waals surface area contributed by atoms with Gasteiger partial charge in [-0.1, -0.05) is 26.7 Å². The maximum atomic E-state index is 12.4. The van der Waals surface area contributed by atoms with Crippen LogP contribution in [0.15, 0.2) is 0 Å². The third-order valence-corrected chi connectivity index (χ3v) is 4.24. The van der Waals surface area contributed by atoms with Gasteiger partial charge >= 0.3 is 0 Å². The average Bonchev–Trinajstić information content (AvgIpc) is 2.91. The minimum atomic E-state index is -0.339. The summed E-state index contributed by atoms with van der Waals surface area (Å²) in [6, 6.07) is 0. The lowest BCUT2D eigenvalue weighted by molar-refractivity contribution is -0.131. The average molecular weight is 269 g/mol. The smallest absolute Gasteiger partial charge is 0.227 e. The summed E-state index contributed by atoms with van der Waals surface area (Å²) in [6.45, 7) is 8.81. The van der Waals surface area contributed by atoms with Gasteiger partial charge in [-0.2, -0.15) is 0 Å². The zero-order valence-electron chi connectivity index (χ0n) is 12.7. The van der Waals surface area contributed by atoms with Gasteiger partial charge < -0.3 is 16.0 Å². The van der Waals surface area contributed by atoms with E-state index in [0.29, 0.717) is 6.54 Å². The van der Waals surface area contributed by atoms with Gasteiger partial charge in [0.1, 0.15) is 0 Å². The van der Waals surface area contributed by atoms with Gasteiger partial charge in [0.25, 0.3) is 0 Å². The Balaban J connectivity index is 2.41. The summed E-state index contributed by atoms with van der Waals surface area (Å²) in [5.74, 6) is 0.165. The molecule has 3 N–H and O–H groups in total. The van der Waals surface area contributed by atoms with E-state index in [1.165, 1.54) is 25.9 Å². The van der Waals surface area contributed by atoms with Crippen LogP contribution in [0.1, 0.15) is 52.4 Å². The van der Waals surface area contributed by atoms with Crippen molar-refractivity contribution < 1.29 is 4.79 Å². The molecule has 0 atom stereocenters. The molecule has 1 fully saturated rings. The summed E-state index contributed by atoms with van der Waals surface area (Å²) >= 11 is 0. The quantitative estimate of drug-likeness (QED) is 0.670. The number of amides is 1. The molecule has 0 spiro atoms. The Bertz CT molecular complexity index is 256. The maximum absolute atomic E-state index is 12.4. The Hall–Kier alpha value is -0.610. The first-order valence-electron chi connectivity index (χ1n) is 7.89. The summed E-state index contributed by atoms with van der Waals surface area (Å²) in [6.07, 6.45) is 6.41. The molecule has 112 valence electrons. The highest BCUT2D eigenvalue weighted by Crippen LogP contribution is 2.28. The predicted molar refractivity (Wildman–Crippen MR) is 80.0 cm³/mol. The highest BCUT2D eigenvalue weighted by Gasteiger charge is 2.34. The van der Waals surface area contributed by atoms with Crippen molar-refractivity contribution in [1.82, 2.24) is 10.2 Å². The normalized spacial score (nSPS) is 16.8. The number of rotatable bonds is 9. The Morgan fingerprint density at radius 1 is 1.21 bits per heavy atom. The molecule has 0 aliphatic carbocycles. The Morgan fingerprint density at radius 3 is 2.26 bits per heavy atom. The van der Waals surface area contributed by atoms with Crippen LogP contribution < -0.4 is 11.1 Å². The Kier molecular flexibility index (Phi) is 7.39. The second-order valence-electron chi connectivity index (χ2n) is 5.79. The molecule has 4 heteroatoms. The largest absolute Gasteiger partial charge is 0.354 e. The van der Waals surface area contributed by atoms with Crippen molar-refractivity contribution in [2.75, 3.05) is 32.7 Å². The number of hydrogen-bond acceptors (Lipinski definition) is 3. The van der Waals surface area contributed by atoms with Crippen LogP contribution >= 0.6 is 0 Å². The molecule has 0 aromatic carbocycles. The summed E-state index contributed by atoms with van der Waals surface area (Å²) < 4.78 is 0. The van der Waals surface area contributed by atoms with Crippen LogP contribution in [0.2, 0.25) is 0 Å². The van der Waals surface area contributed by atoms with Crippen molar-refractivity contribution in [2.24, 2.45) is 11.1 Å². The molecule has 19 heavy (non-hydrogen) atoms. The molecule has 0 unspecified atom stereocenters. The van der Waals surface area contributed by atoms with E-state index in [4.69, 9.17) is 5.73 Å². The van der Waals surface area contributed by atoms with Crippen LogP contribution in [0.4, 0.5) is 0 Å². The van der Waals surface area contributed by atoms with Gasteiger partial charge in [-0.3, -0.25) is 4.79 Å². The third kappa shape index (κ3) is 4.77. The van der Waals surface area contributed by atoms with E-state index in [1.54, 1.807) is 0 Å². The summed E-state index contributed by atoms with van der Waals surface area (Å²) in [4.78, 5) is 14.9. The highest BCUT2D eigenvalue weighted by molar-refractivity contribution is 5.82. The highest BCUT2D eigenvalue weighted by atomic mass is 16.2. The standard InChI is InChI=1S/C15H31N3O/c1-3-7-15(13-16,8-4-2)14(19)17-9-12-18-10-5-6-11-18/h3-13,16H2,1-2H3,(H,17,19). The van der Waals surface area contributed by atoms with Gasteiger partial charge in [0.2, 0.25) is 5.91 Å². The number of nitrogens with one attached hydrogen (secondary N) is 1. The Morgan fingerprint density at radius 2 is 1.79 bits per heavy atom. The van der Waals surface area contributed by atoms with E-state index >= 15 is 0 Å². The molecule has 0 saturated carbocycles. The fourth-order valence-corrected chi connectivity index (χ4v) is 3.13. The van der Waals surface area contributed by atoms with Crippen LogP contribution in [-0.2, 0) is 4.79 Å². The second kappa shape index (κ2) is 8.54. The summed E-state index contributed by atoms with van der Waals surface area (Å²) in [7, 11) is 0. The van der Waals surface area contributed by atoms with Crippen molar-refractivity contribution in [3.63, 3.8) is 0 Å². The fourth-order valence-electron chi connectivity index (χ4n) is 3.13. The van der Waals surface area contributed by atoms with E-state index in [2.05, 4.69) is 24.1 Å². The number of likely N-dealkylation sites (tertiary alicyclic amines) is 1. The lowest BCUT2D eigenvalue weighted by atomic mass is 9.78. The van der Waals surface area contributed by atoms with Crippen LogP contribution in [-0.4, -0.2) is 43.5 Å². The lowest BCUT2D eigenvalue weighted by Gasteiger charge is -2.31. The van der Waals surface area contributed by atoms with E-state index in [1.807, 2.05) is 0 Å². The molecule has 0 radical (unpaired) electrons. The van der Waals surface area contributed by atoms with Crippen molar-refractivity contribution in [2.45, 2.75) is 52.4 Å².